The van der Waals surface area contributed by atoms with E-state index in [2.05, 4.69) is 17.5 Å². The molecule has 1 aliphatic carbocycles. The summed E-state index contributed by atoms with van der Waals surface area (Å²) in [6.45, 7) is 2.05. The monoisotopic (exact) mass is 229 g/mol. The van der Waals surface area contributed by atoms with Gasteiger partial charge in [0.25, 0.3) is 0 Å². The lowest BCUT2D eigenvalue weighted by Gasteiger charge is -2.29. The minimum atomic E-state index is -0.846. The molecule has 0 saturated carbocycles. The van der Waals surface area contributed by atoms with E-state index < -0.39 is 5.97 Å². The first-order chi connectivity index (χ1) is 8.19. The van der Waals surface area contributed by atoms with Crippen LogP contribution in [0.25, 0.3) is 6.08 Å². The predicted octanol–water partition coefficient (Wildman–Crippen LogP) is 1.93. The van der Waals surface area contributed by atoms with Crippen molar-refractivity contribution in [1.82, 2.24) is 5.32 Å². The Bertz CT molecular complexity index is 499. The van der Waals surface area contributed by atoms with Gasteiger partial charge in [-0.2, -0.15) is 0 Å². The molecule has 3 nitrogen and oxygen atoms in total. The van der Waals surface area contributed by atoms with E-state index in [4.69, 9.17) is 5.11 Å². The van der Waals surface area contributed by atoms with Crippen molar-refractivity contribution in [3.8, 4) is 0 Å². The van der Waals surface area contributed by atoms with E-state index in [0.717, 1.165) is 37.1 Å². The Morgan fingerprint density at radius 3 is 3.00 bits per heavy atom. The van der Waals surface area contributed by atoms with E-state index >= 15 is 0 Å². The van der Waals surface area contributed by atoms with Gasteiger partial charge in [0.05, 0.1) is 5.56 Å². The van der Waals surface area contributed by atoms with Gasteiger partial charge in [-0.1, -0.05) is 18.2 Å². The molecule has 1 atom stereocenters. The standard InChI is InChI=1S/C14H15NO2/c16-13(17)11-2-1-10-3-4-14(5-6-15-9-14)8-12(10)7-11/h1-4,7,15H,5-6,8-9H2,(H,16,17). The topological polar surface area (TPSA) is 49.3 Å². The molecule has 88 valence electrons. The Morgan fingerprint density at radius 1 is 1.41 bits per heavy atom. The summed E-state index contributed by atoms with van der Waals surface area (Å²) in [4.78, 5) is 11.0. The zero-order valence-electron chi connectivity index (χ0n) is 9.57. The van der Waals surface area contributed by atoms with Crippen molar-refractivity contribution < 1.29 is 9.90 Å². The van der Waals surface area contributed by atoms with E-state index in [1.807, 2.05) is 12.1 Å². The largest absolute Gasteiger partial charge is 0.478 e. The van der Waals surface area contributed by atoms with E-state index in [9.17, 15) is 4.79 Å². The zero-order valence-corrected chi connectivity index (χ0v) is 9.57. The summed E-state index contributed by atoms with van der Waals surface area (Å²) >= 11 is 0. The molecule has 3 heteroatoms. The number of benzene rings is 1. The van der Waals surface area contributed by atoms with Crippen LogP contribution in [-0.2, 0) is 6.42 Å². The number of carboxylic acids is 1. The van der Waals surface area contributed by atoms with E-state index in [0.29, 0.717) is 5.56 Å². The zero-order chi connectivity index (χ0) is 11.9. The lowest BCUT2D eigenvalue weighted by molar-refractivity contribution is 0.0696. The van der Waals surface area contributed by atoms with Crippen LogP contribution < -0.4 is 5.32 Å². The molecule has 1 aliphatic heterocycles. The van der Waals surface area contributed by atoms with Gasteiger partial charge in [0, 0.05) is 12.0 Å². The molecule has 0 radical (unpaired) electrons. The molecule has 1 unspecified atom stereocenters. The van der Waals surface area contributed by atoms with Crippen molar-refractivity contribution in [3.63, 3.8) is 0 Å². The van der Waals surface area contributed by atoms with Gasteiger partial charge in [-0.05, 0) is 42.6 Å². The highest BCUT2D eigenvalue weighted by molar-refractivity contribution is 5.88. The number of carboxylic acid groups (broad SMARTS) is 1. The molecule has 0 amide bonds. The molecule has 2 aliphatic rings. The fourth-order valence-electron chi connectivity index (χ4n) is 2.82. The molecule has 1 saturated heterocycles. The number of nitrogens with one attached hydrogen (secondary N) is 1. The van der Waals surface area contributed by atoms with Crippen molar-refractivity contribution in [1.29, 1.82) is 0 Å². The minimum absolute atomic E-state index is 0.212. The van der Waals surface area contributed by atoms with Crippen LogP contribution in [0.15, 0.2) is 24.3 Å². The maximum Gasteiger partial charge on any atom is 0.335 e. The SMILES string of the molecule is O=C(O)c1ccc2c(c1)CC1(C=C2)CCNC1. The summed E-state index contributed by atoms with van der Waals surface area (Å²) in [5, 5.41) is 12.4. The van der Waals surface area contributed by atoms with E-state index in [-0.39, 0.29) is 5.41 Å². The second-order valence-corrected chi connectivity index (χ2v) is 5.02. The average Bonchev–Trinajstić information content (AvgIpc) is 2.76. The number of hydrogen-bond acceptors (Lipinski definition) is 2. The first-order valence-electron chi connectivity index (χ1n) is 5.95. The van der Waals surface area contributed by atoms with Crippen LogP contribution in [0.4, 0.5) is 0 Å². The number of hydrogen-bond donors (Lipinski definition) is 2. The fourth-order valence-corrected chi connectivity index (χ4v) is 2.82. The van der Waals surface area contributed by atoms with Crippen LogP contribution in [0.1, 0.15) is 27.9 Å². The van der Waals surface area contributed by atoms with Gasteiger partial charge in [0.2, 0.25) is 0 Å². The van der Waals surface area contributed by atoms with Gasteiger partial charge in [-0.15, -0.1) is 0 Å². The molecule has 1 heterocycles. The molecule has 1 aromatic rings. The Kier molecular flexibility index (Phi) is 2.30. The maximum absolute atomic E-state index is 11.0. The summed E-state index contributed by atoms with van der Waals surface area (Å²) in [5.74, 6) is -0.846. The van der Waals surface area contributed by atoms with Crippen molar-refractivity contribution in [2.75, 3.05) is 13.1 Å². The Labute approximate surface area is 100 Å². The third kappa shape index (κ3) is 1.76. The number of aromatic carboxylic acids is 1. The normalized spacial score (nSPS) is 26.1. The first kappa shape index (κ1) is 10.5. The molecule has 1 aromatic carbocycles. The molecule has 2 N–H and O–H groups in total. The molecule has 0 aromatic heterocycles. The molecular weight excluding hydrogens is 214 g/mol. The second kappa shape index (κ2) is 3.70. The van der Waals surface area contributed by atoms with Crippen LogP contribution in [0.3, 0.4) is 0 Å². The summed E-state index contributed by atoms with van der Waals surface area (Å²) in [6, 6.07) is 5.40. The van der Waals surface area contributed by atoms with Gasteiger partial charge in [0.15, 0.2) is 0 Å². The van der Waals surface area contributed by atoms with Gasteiger partial charge in [0.1, 0.15) is 0 Å². The lowest BCUT2D eigenvalue weighted by atomic mass is 9.75. The van der Waals surface area contributed by atoms with Gasteiger partial charge < -0.3 is 10.4 Å². The van der Waals surface area contributed by atoms with Crippen molar-refractivity contribution in [2.45, 2.75) is 12.8 Å². The van der Waals surface area contributed by atoms with E-state index in [1.54, 1.807) is 6.07 Å². The Morgan fingerprint density at radius 2 is 2.29 bits per heavy atom. The van der Waals surface area contributed by atoms with Crippen LogP contribution in [0, 0.1) is 5.41 Å². The van der Waals surface area contributed by atoms with Crippen LogP contribution in [0.2, 0.25) is 0 Å². The van der Waals surface area contributed by atoms with Crippen molar-refractivity contribution >= 4 is 12.0 Å². The second-order valence-electron chi connectivity index (χ2n) is 5.02. The summed E-state index contributed by atoms with van der Waals surface area (Å²) in [6.07, 6.45) is 6.51. The van der Waals surface area contributed by atoms with Crippen LogP contribution in [-0.4, -0.2) is 24.2 Å². The lowest BCUT2D eigenvalue weighted by Crippen LogP contribution is -2.26. The molecular formula is C14H15NO2. The molecule has 1 fully saturated rings. The predicted molar refractivity (Wildman–Crippen MR) is 66.1 cm³/mol. The molecule has 3 rings (SSSR count). The smallest absolute Gasteiger partial charge is 0.335 e. The first-order valence-corrected chi connectivity index (χ1v) is 5.95. The van der Waals surface area contributed by atoms with Crippen LogP contribution >= 0.6 is 0 Å². The maximum atomic E-state index is 11.0. The molecule has 1 spiro atoms. The molecule has 17 heavy (non-hydrogen) atoms. The minimum Gasteiger partial charge on any atom is -0.478 e. The quantitative estimate of drug-likeness (QED) is 0.773. The summed E-state index contributed by atoms with van der Waals surface area (Å²) < 4.78 is 0. The average molecular weight is 229 g/mol. The van der Waals surface area contributed by atoms with Crippen molar-refractivity contribution in [2.24, 2.45) is 5.41 Å². The fraction of sp³-hybridized carbons (Fsp3) is 0.357. The van der Waals surface area contributed by atoms with Gasteiger partial charge in [-0.25, -0.2) is 4.79 Å². The molecule has 0 bridgehead atoms. The number of rotatable bonds is 1. The van der Waals surface area contributed by atoms with Crippen molar-refractivity contribution in [3.05, 3.63) is 41.0 Å². The third-order valence-corrected chi connectivity index (χ3v) is 3.83. The van der Waals surface area contributed by atoms with Crippen LogP contribution in [0.5, 0.6) is 0 Å². The van der Waals surface area contributed by atoms with E-state index in [1.165, 1.54) is 0 Å². The number of fused-ring (bicyclic) bond motifs is 1. The summed E-state index contributed by atoms with van der Waals surface area (Å²) in [5.41, 5.74) is 2.92. The van der Waals surface area contributed by atoms with Gasteiger partial charge >= 0.3 is 5.97 Å². The highest BCUT2D eigenvalue weighted by Gasteiger charge is 2.33. The number of carbonyl (C=O) groups is 1. The third-order valence-electron chi connectivity index (χ3n) is 3.83. The summed E-state index contributed by atoms with van der Waals surface area (Å²) in [7, 11) is 0. The highest BCUT2D eigenvalue weighted by Crippen LogP contribution is 2.37. The Hall–Kier alpha value is -1.61. The Balaban J connectivity index is 1.99. The highest BCUT2D eigenvalue weighted by atomic mass is 16.4. The van der Waals surface area contributed by atoms with Gasteiger partial charge in [-0.3, -0.25) is 0 Å².